The number of benzene rings is 1. The van der Waals surface area contributed by atoms with Gasteiger partial charge in [-0.1, -0.05) is 24.9 Å². The lowest BCUT2D eigenvalue weighted by atomic mass is 10.1. The fourth-order valence-corrected chi connectivity index (χ4v) is 2.49. The lowest BCUT2D eigenvalue weighted by Gasteiger charge is -2.22. The molecule has 1 heterocycles. The van der Waals surface area contributed by atoms with Crippen LogP contribution in [0.2, 0.25) is 5.02 Å². The van der Waals surface area contributed by atoms with Gasteiger partial charge in [0.1, 0.15) is 5.02 Å². The van der Waals surface area contributed by atoms with E-state index in [9.17, 15) is 4.39 Å². The fraction of sp³-hybridized carbons (Fsp3) is 0.500. The first-order valence-electron chi connectivity index (χ1n) is 5.82. The van der Waals surface area contributed by atoms with Gasteiger partial charge in [-0.25, -0.2) is 4.39 Å². The number of rotatable bonds is 2. The summed E-state index contributed by atoms with van der Waals surface area (Å²) >= 11 is 5.82. The number of hydrogen-bond acceptors (Lipinski definition) is 3. The van der Waals surface area contributed by atoms with Gasteiger partial charge in [0.15, 0.2) is 5.82 Å². The number of nitrogen functional groups attached to an aromatic ring is 2. The third-order valence-corrected chi connectivity index (χ3v) is 3.80. The summed E-state index contributed by atoms with van der Waals surface area (Å²) in [7, 11) is 0. The van der Waals surface area contributed by atoms with E-state index >= 15 is 0 Å². The monoisotopic (exact) mass is 257 g/mol. The van der Waals surface area contributed by atoms with Crippen LogP contribution in [-0.2, 0) is 0 Å². The Kier molecular flexibility index (Phi) is 3.33. The van der Waals surface area contributed by atoms with Crippen molar-refractivity contribution in [1.82, 2.24) is 0 Å². The summed E-state index contributed by atoms with van der Waals surface area (Å²) in [6.45, 7) is 3.79. The average molecular weight is 258 g/mol. The molecule has 1 saturated heterocycles. The van der Waals surface area contributed by atoms with Gasteiger partial charge in [-0.3, -0.25) is 0 Å². The van der Waals surface area contributed by atoms with Crippen LogP contribution in [0, 0.1) is 11.7 Å². The van der Waals surface area contributed by atoms with Gasteiger partial charge in [0, 0.05) is 13.1 Å². The van der Waals surface area contributed by atoms with Crippen molar-refractivity contribution in [3.8, 4) is 0 Å². The van der Waals surface area contributed by atoms with Gasteiger partial charge in [-0.2, -0.15) is 0 Å². The highest BCUT2D eigenvalue weighted by atomic mass is 35.5. The van der Waals surface area contributed by atoms with E-state index in [0.29, 0.717) is 17.3 Å². The summed E-state index contributed by atoms with van der Waals surface area (Å²) in [5.74, 6) is 0.103. The first kappa shape index (κ1) is 12.3. The van der Waals surface area contributed by atoms with Gasteiger partial charge in [0.2, 0.25) is 0 Å². The molecular weight excluding hydrogens is 241 g/mol. The first-order chi connectivity index (χ1) is 8.04. The molecule has 17 heavy (non-hydrogen) atoms. The van der Waals surface area contributed by atoms with Crippen molar-refractivity contribution in [1.29, 1.82) is 0 Å². The SMILES string of the molecule is CCC1CCN(c2c(N)cc(N)c(Cl)c2F)C1. The number of nitrogens with two attached hydrogens (primary N) is 2. The maximum absolute atomic E-state index is 14.1. The molecule has 0 aromatic heterocycles. The van der Waals surface area contributed by atoms with Crippen molar-refractivity contribution in [3.63, 3.8) is 0 Å². The first-order valence-corrected chi connectivity index (χ1v) is 6.20. The average Bonchev–Trinajstić information content (AvgIpc) is 2.74. The van der Waals surface area contributed by atoms with Crippen LogP contribution in [0.25, 0.3) is 0 Å². The lowest BCUT2D eigenvalue weighted by Crippen LogP contribution is -2.22. The molecule has 2 rings (SSSR count). The lowest BCUT2D eigenvalue weighted by molar-refractivity contribution is 0.567. The molecule has 0 amide bonds. The molecule has 1 aromatic rings. The van der Waals surface area contributed by atoms with Gasteiger partial charge >= 0.3 is 0 Å². The van der Waals surface area contributed by atoms with Crippen molar-refractivity contribution in [3.05, 3.63) is 16.9 Å². The van der Waals surface area contributed by atoms with E-state index in [-0.39, 0.29) is 10.7 Å². The highest BCUT2D eigenvalue weighted by Gasteiger charge is 2.26. The van der Waals surface area contributed by atoms with E-state index in [2.05, 4.69) is 6.92 Å². The summed E-state index contributed by atoms with van der Waals surface area (Å²) in [5, 5.41) is -0.0332. The van der Waals surface area contributed by atoms with Crippen molar-refractivity contribution in [2.24, 2.45) is 5.92 Å². The largest absolute Gasteiger partial charge is 0.397 e. The zero-order chi connectivity index (χ0) is 12.6. The topological polar surface area (TPSA) is 55.3 Å². The van der Waals surface area contributed by atoms with Crippen LogP contribution in [0.3, 0.4) is 0 Å². The van der Waals surface area contributed by atoms with E-state index in [1.54, 1.807) is 0 Å². The minimum atomic E-state index is -0.499. The Balaban J connectivity index is 2.36. The molecule has 4 N–H and O–H groups in total. The Morgan fingerprint density at radius 1 is 1.47 bits per heavy atom. The minimum Gasteiger partial charge on any atom is -0.397 e. The zero-order valence-corrected chi connectivity index (χ0v) is 10.6. The maximum atomic E-state index is 14.1. The molecule has 1 aliphatic rings. The summed E-state index contributed by atoms with van der Waals surface area (Å²) in [4.78, 5) is 1.96. The van der Waals surface area contributed by atoms with Crippen molar-refractivity contribution in [2.45, 2.75) is 19.8 Å². The van der Waals surface area contributed by atoms with E-state index in [4.69, 9.17) is 23.1 Å². The maximum Gasteiger partial charge on any atom is 0.169 e. The van der Waals surface area contributed by atoms with E-state index in [0.717, 1.165) is 25.9 Å². The molecule has 1 fully saturated rings. The van der Waals surface area contributed by atoms with Gasteiger partial charge in [-0.05, 0) is 18.4 Å². The molecule has 3 nitrogen and oxygen atoms in total. The third kappa shape index (κ3) is 2.14. The molecule has 0 spiro atoms. The van der Waals surface area contributed by atoms with Crippen molar-refractivity contribution < 1.29 is 4.39 Å². The smallest absolute Gasteiger partial charge is 0.169 e. The molecule has 5 heteroatoms. The molecule has 1 atom stereocenters. The highest BCUT2D eigenvalue weighted by Crippen LogP contribution is 2.38. The van der Waals surface area contributed by atoms with Gasteiger partial charge in [-0.15, -0.1) is 0 Å². The quantitative estimate of drug-likeness (QED) is 0.801. The Morgan fingerprint density at radius 3 is 2.76 bits per heavy atom. The second-order valence-corrected chi connectivity index (χ2v) is 4.92. The van der Waals surface area contributed by atoms with E-state index < -0.39 is 5.82 Å². The molecule has 0 bridgehead atoms. The van der Waals surface area contributed by atoms with Crippen molar-refractivity contribution in [2.75, 3.05) is 29.5 Å². The highest BCUT2D eigenvalue weighted by molar-refractivity contribution is 6.33. The minimum absolute atomic E-state index is 0.0332. The molecule has 0 aliphatic carbocycles. The van der Waals surface area contributed by atoms with Gasteiger partial charge in [0.05, 0.1) is 17.1 Å². The molecule has 1 unspecified atom stereocenters. The molecular formula is C12H17ClFN3. The molecule has 0 radical (unpaired) electrons. The van der Waals surface area contributed by atoms with E-state index in [1.165, 1.54) is 6.07 Å². The molecule has 1 aromatic carbocycles. The Morgan fingerprint density at radius 2 is 2.18 bits per heavy atom. The molecule has 1 aliphatic heterocycles. The van der Waals surface area contributed by atoms with Crippen molar-refractivity contribution >= 4 is 28.7 Å². The summed E-state index contributed by atoms with van der Waals surface area (Å²) in [5.41, 5.74) is 12.4. The Hall–Kier alpha value is -1.16. The predicted octanol–water partition coefficient (Wildman–Crippen LogP) is 2.88. The van der Waals surface area contributed by atoms with Gasteiger partial charge < -0.3 is 16.4 Å². The van der Waals surface area contributed by atoms with Crippen LogP contribution < -0.4 is 16.4 Å². The summed E-state index contributed by atoms with van der Waals surface area (Å²) < 4.78 is 14.1. The number of halogens is 2. The zero-order valence-electron chi connectivity index (χ0n) is 9.84. The Bertz CT molecular complexity index is 436. The van der Waals surface area contributed by atoms with Crippen LogP contribution >= 0.6 is 11.6 Å². The van der Waals surface area contributed by atoms with Gasteiger partial charge in [0.25, 0.3) is 0 Å². The van der Waals surface area contributed by atoms with Crippen LogP contribution in [-0.4, -0.2) is 13.1 Å². The molecule has 94 valence electrons. The van der Waals surface area contributed by atoms with Crippen LogP contribution in [0.5, 0.6) is 0 Å². The summed E-state index contributed by atoms with van der Waals surface area (Å²) in [6.07, 6.45) is 2.16. The van der Waals surface area contributed by atoms with Crippen LogP contribution in [0.4, 0.5) is 21.5 Å². The van der Waals surface area contributed by atoms with E-state index in [1.807, 2.05) is 4.90 Å². The Labute approximate surface area is 106 Å². The normalized spacial score (nSPS) is 19.9. The third-order valence-electron chi connectivity index (χ3n) is 3.42. The second kappa shape index (κ2) is 4.61. The molecule has 0 saturated carbocycles. The number of hydrogen-bond donors (Lipinski definition) is 2. The fourth-order valence-electron chi connectivity index (χ4n) is 2.35. The second-order valence-electron chi connectivity index (χ2n) is 4.54. The van der Waals surface area contributed by atoms with Crippen LogP contribution in [0.1, 0.15) is 19.8 Å². The summed E-state index contributed by atoms with van der Waals surface area (Å²) in [6, 6.07) is 1.53. The standard InChI is InChI=1S/C12H17ClFN3/c1-2-7-3-4-17(6-7)12-9(16)5-8(15)10(13)11(12)14/h5,7H,2-4,6,15-16H2,1H3. The predicted molar refractivity (Wildman–Crippen MR) is 70.8 cm³/mol. The number of anilines is 3. The van der Waals surface area contributed by atoms with Crippen LogP contribution in [0.15, 0.2) is 6.07 Å². The number of nitrogens with zero attached hydrogens (tertiary/aromatic N) is 1.